The number of carbonyl (C=O) groups excluding carboxylic acids is 1. The number of hydrogen-bond acceptors (Lipinski definition) is 3. The Balaban J connectivity index is 1.65. The minimum absolute atomic E-state index is 0.200. The van der Waals surface area contributed by atoms with E-state index in [1.165, 1.54) is 6.20 Å². The second-order valence-electron chi connectivity index (χ2n) is 5.95. The molecule has 0 unspecified atom stereocenters. The van der Waals surface area contributed by atoms with Crippen LogP contribution in [0.3, 0.4) is 0 Å². The van der Waals surface area contributed by atoms with E-state index in [9.17, 15) is 4.79 Å². The summed E-state index contributed by atoms with van der Waals surface area (Å²) in [6.45, 7) is 2.41. The standard InChI is InChI=1S/C19H19Cl2N3O2/c1-2-3-17(26-19-15(21)9-14(20)11-24-19)18(25)23-10-12-4-5-16-13(8-12)6-7-22-16/h4-9,11,17,22H,2-3,10H2,1H3,(H,23,25)/t17-/m1/s1. The summed E-state index contributed by atoms with van der Waals surface area (Å²) in [5, 5.41) is 4.72. The number of hydrogen-bond donors (Lipinski definition) is 2. The zero-order chi connectivity index (χ0) is 18.5. The lowest BCUT2D eigenvalue weighted by molar-refractivity contribution is -0.128. The van der Waals surface area contributed by atoms with Crippen LogP contribution in [0.5, 0.6) is 5.88 Å². The van der Waals surface area contributed by atoms with Gasteiger partial charge in [0.2, 0.25) is 5.88 Å². The van der Waals surface area contributed by atoms with E-state index >= 15 is 0 Å². The molecule has 136 valence electrons. The van der Waals surface area contributed by atoms with Gasteiger partial charge in [-0.1, -0.05) is 42.6 Å². The molecule has 7 heteroatoms. The zero-order valence-electron chi connectivity index (χ0n) is 14.3. The van der Waals surface area contributed by atoms with E-state index in [1.807, 2.05) is 37.4 Å². The van der Waals surface area contributed by atoms with Gasteiger partial charge in [-0.2, -0.15) is 0 Å². The summed E-state index contributed by atoms with van der Waals surface area (Å²) in [5.74, 6) is 0.00670. The van der Waals surface area contributed by atoms with Crippen molar-refractivity contribution in [3.8, 4) is 5.88 Å². The fraction of sp³-hybridized carbons (Fsp3) is 0.263. The minimum Gasteiger partial charge on any atom is -0.463 e. The Hall–Kier alpha value is -2.24. The number of aromatic amines is 1. The van der Waals surface area contributed by atoms with Gasteiger partial charge in [0, 0.05) is 24.5 Å². The number of rotatable bonds is 7. The van der Waals surface area contributed by atoms with Crippen molar-refractivity contribution in [1.29, 1.82) is 0 Å². The van der Waals surface area contributed by atoms with Gasteiger partial charge in [0.15, 0.2) is 6.10 Å². The molecule has 1 atom stereocenters. The van der Waals surface area contributed by atoms with Gasteiger partial charge < -0.3 is 15.0 Å². The first-order valence-corrected chi connectivity index (χ1v) is 9.14. The SMILES string of the molecule is CCC[C@@H](Oc1ncc(Cl)cc1Cl)C(=O)NCc1ccc2[nH]ccc2c1. The number of nitrogens with one attached hydrogen (secondary N) is 2. The number of benzene rings is 1. The summed E-state index contributed by atoms with van der Waals surface area (Å²) in [6.07, 6.45) is 4.01. The molecule has 3 aromatic rings. The Bertz CT molecular complexity index is 911. The lowest BCUT2D eigenvalue weighted by Crippen LogP contribution is -2.38. The van der Waals surface area contributed by atoms with Crippen molar-refractivity contribution in [3.05, 3.63) is 58.3 Å². The first-order valence-electron chi connectivity index (χ1n) is 8.38. The minimum atomic E-state index is -0.665. The maximum atomic E-state index is 12.6. The lowest BCUT2D eigenvalue weighted by Gasteiger charge is -2.18. The number of aromatic nitrogens is 2. The number of fused-ring (bicyclic) bond motifs is 1. The van der Waals surface area contributed by atoms with Crippen LogP contribution in [0.25, 0.3) is 10.9 Å². The number of nitrogens with zero attached hydrogens (tertiary/aromatic N) is 1. The molecule has 0 aliphatic carbocycles. The predicted octanol–water partition coefficient (Wildman–Crippen LogP) is 4.73. The average molecular weight is 392 g/mol. The average Bonchev–Trinajstić information content (AvgIpc) is 3.09. The molecule has 3 rings (SSSR count). The van der Waals surface area contributed by atoms with E-state index in [2.05, 4.69) is 15.3 Å². The molecule has 1 aromatic carbocycles. The number of H-pyrrole nitrogens is 1. The molecule has 0 saturated carbocycles. The quantitative estimate of drug-likeness (QED) is 0.611. The van der Waals surface area contributed by atoms with Gasteiger partial charge >= 0.3 is 0 Å². The fourth-order valence-corrected chi connectivity index (χ4v) is 3.07. The number of pyridine rings is 1. The largest absolute Gasteiger partial charge is 0.463 e. The maximum Gasteiger partial charge on any atom is 0.261 e. The Morgan fingerprint density at radius 2 is 2.15 bits per heavy atom. The van der Waals surface area contributed by atoms with Gasteiger partial charge in [0.05, 0.1) is 5.02 Å². The predicted molar refractivity (Wildman–Crippen MR) is 104 cm³/mol. The van der Waals surface area contributed by atoms with Crippen molar-refractivity contribution >= 4 is 40.0 Å². The summed E-state index contributed by atoms with van der Waals surface area (Å²) >= 11 is 11.9. The Morgan fingerprint density at radius 1 is 1.31 bits per heavy atom. The summed E-state index contributed by atoms with van der Waals surface area (Å²) < 4.78 is 5.73. The molecule has 0 bridgehead atoms. The van der Waals surface area contributed by atoms with Gasteiger partial charge in [-0.25, -0.2) is 4.98 Å². The van der Waals surface area contributed by atoms with E-state index in [-0.39, 0.29) is 16.8 Å². The normalized spacial score (nSPS) is 12.1. The summed E-state index contributed by atoms with van der Waals surface area (Å²) in [7, 11) is 0. The molecule has 2 heterocycles. The van der Waals surface area contributed by atoms with Crippen LogP contribution in [0.4, 0.5) is 0 Å². The Morgan fingerprint density at radius 3 is 2.92 bits per heavy atom. The van der Waals surface area contributed by atoms with Gasteiger partial charge in [0.1, 0.15) is 5.02 Å². The van der Waals surface area contributed by atoms with Crippen molar-refractivity contribution < 1.29 is 9.53 Å². The van der Waals surface area contributed by atoms with Crippen LogP contribution in [0.2, 0.25) is 10.0 Å². The third-order valence-electron chi connectivity index (χ3n) is 3.96. The van der Waals surface area contributed by atoms with E-state index in [1.54, 1.807) is 6.07 Å². The molecule has 5 nitrogen and oxygen atoms in total. The summed E-state index contributed by atoms with van der Waals surface area (Å²) in [4.78, 5) is 19.8. The monoisotopic (exact) mass is 391 g/mol. The molecule has 0 spiro atoms. The molecule has 0 fully saturated rings. The first kappa shape index (κ1) is 18.5. The molecule has 0 aliphatic rings. The molecule has 2 N–H and O–H groups in total. The van der Waals surface area contributed by atoms with Crippen LogP contribution < -0.4 is 10.1 Å². The highest BCUT2D eigenvalue weighted by atomic mass is 35.5. The van der Waals surface area contributed by atoms with Gasteiger partial charge in [-0.05, 0) is 41.6 Å². The van der Waals surface area contributed by atoms with Crippen molar-refractivity contribution in [1.82, 2.24) is 15.3 Å². The highest BCUT2D eigenvalue weighted by molar-refractivity contribution is 6.35. The topological polar surface area (TPSA) is 67.0 Å². The van der Waals surface area contributed by atoms with Crippen LogP contribution in [0.15, 0.2) is 42.7 Å². The summed E-state index contributed by atoms with van der Waals surface area (Å²) in [5.41, 5.74) is 2.08. The number of amides is 1. The van der Waals surface area contributed by atoms with Gasteiger partial charge in [-0.15, -0.1) is 0 Å². The van der Waals surface area contributed by atoms with Crippen molar-refractivity contribution in [2.75, 3.05) is 0 Å². The van der Waals surface area contributed by atoms with Gasteiger partial charge in [0.25, 0.3) is 5.91 Å². The second kappa shape index (κ2) is 8.43. The smallest absolute Gasteiger partial charge is 0.261 e. The van der Waals surface area contributed by atoms with Gasteiger partial charge in [-0.3, -0.25) is 4.79 Å². The van der Waals surface area contributed by atoms with Crippen molar-refractivity contribution in [2.45, 2.75) is 32.4 Å². The molecule has 26 heavy (non-hydrogen) atoms. The molecule has 0 saturated heterocycles. The van der Waals surface area contributed by atoms with E-state index in [4.69, 9.17) is 27.9 Å². The van der Waals surface area contributed by atoms with Crippen LogP contribution in [0, 0.1) is 0 Å². The maximum absolute atomic E-state index is 12.6. The van der Waals surface area contributed by atoms with E-state index in [0.29, 0.717) is 18.0 Å². The fourth-order valence-electron chi connectivity index (χ4n) is 2.64. The van der Waals surface area contributed by atoms with Crippen LogP contribution >= 0.6 is 23.2 Å². The summed E-state index contributed by atoms with van der Waals surface area (Å²) in [6, 6.07) is 9.55. The van der Waals surface area contributed by atoms with E-state index in [0.717, 1.165) is 22.9 Å². The van der Waals surface area contributed by atoms with Crippen molar-refractivity contribution in [2.24, 2.45) is 0 Å². The molecule has 0 radical (unpaired) electrons. The Kier molecular flexibility index (Phi) is 6.01. The highest BCUT2D eigenvalue weighted by Gasteiger charge is 2.21. The van der Waals surface area contributed by atoms with Crippen LogP contribution in [0.1, 0.15) is 25.3 Å². The number of ether oxygens (including phenoxy) is 1. The number of carbonyl (C=O) groups is 1. The third kappa shape index (κ3) is 4.48. The number of halogens is 2. The Labute approximate surface area is 161 Å². The van der Waals surface area contributed by atoms with Crippen LogP contribution in [-0.4, -0.2) is 22.0 Å². The lowest BCUT2D eigenvalue weighted by atomic mass is 10.1. The molecular formula is C19H19Cl2N3O2. The first-order chi connectivity index (χ1) is 12.6. The third-order valence-corrected chi connectivity index (χ3v) is 4.43. The molecule has 0 aliphatic heterocycles. The van der Waals surface area contributed by atoms with Crippen molar-refractivity contribution in [3.63, 3.8) is 0 Å². The second-order valence-corrected chi connectivity index (χ2v) is 6.80. The molecule has 2 aromatic heterocycles. The zero-order valence-corrected chi connectivity index (χ0v) is 15.8. The van der Waals surface area contributed by atoms with E-state index < -0.39 is 6.10 Å². The molecular weight excluding hydrogens is 373 g/mol. The van der Waals surface area contributed by atoms with Crippen LogP contribution in [-0.2, 0) is 11.3 Å². The highest BCUT2D eigenvalue weighted by Crippen LogP contribution is 2.26. The molecule has 1 amide bonds.